The van der Waals surface area contributed by atoms with Crippen molar-refractivity contribution in [2.45, 2.75) is 12.6 Å². The Kier molecular flexibility index (Phi) is 5.96. The number of hydrogen-bond donors (Lipinski definition) is 0. The van der Waals surface area contributed by atoms with Crippen molar-refractivity contribution in [1.29, 1.82) is 0 Å². The van der Waals surface area contributed by atoms with Gasteiger partial charge in [-0.05, 0) is 22.4 Å². The highest BCUT2D eigenvalue weighted by molar-refractivity contribution is 6.06. The lowest BCUT2D eigenvalue weighted by Gasteiger charge is -2.36. The van der Waals surface area contributed by atoms with Gasteiger partial charge in [-0.1, -0.05) is 47.6 Å². The van der Waals surface area contributed by atoms with Gasteiger partial charge in [-0.25, -0.2) is 0 Å². The van der Waals surface area contributed by atoms with Gasteiger partial charge in [0.1, 0.15) is 18.1 Å². The third-order valence-corrected chi connectivity index (χ3v) is 7.44. The maximum absolute atomic E-state index is 6.09. The summed E-state index contributed by atoms with van der Waals surface area (Å²) in [5, 5.41) is 7.15. The van der Waals surface area contributed by atoms with Crippen molar-refractivity contribution in [1.82, 2.24) is 9.80 Å². The number of methoxy groups -OCH3 is 2. The molecule has 0 saturated carbocycles. The van der Waals surface area contributed by atoms with Crippen LogP contribution in [-0.2, 0) is 11.4 Å². The van der Waals surface area contributed by atoms with Crippen molar-refractivity contribution in [2.24, 2.45) is 11.1 Å². The Morgan fingerprint density at radius 3 is 2.49 bits per heavy atom. The maximum Gasteiger partial charge on any atom is 0.164 e. The first-order valence-corrected chi connectivity index (χ1v) is 12.3. The molecule has 3 heterocycles. The number of nitrogens with zero attached hydrogens (tertiary/aromatic N) is 3. The Hall–Kier alpha value is -3.29. The van der Waals surface area contributed by atoms with E-state index in [1.54, 1.807) is 14.2 Å². The predicted molar refractivity (Wildman–Crippen MR) is 136 cm³/mol. The van der Waals surface area contributed by atoms with Gasteiger partial charge in [0.2, 0.25) is 0 Å². The van der Waals surface area contributed by atoms with Crippen molar-refractivity contribution in [3.63, 3.8) is 0 Å². The lowest BCUT2D eigenvalue weighted by atomic mass is 9.90. The van der Waals surface area contributed by atoms with E-state index < -0.39 is 0 Å². The first kappa shape index (κ1) is 22.2. The second-order valence-electron chi connectivity index (χ2n) is 9.46. The van der Waals surface area contributed by atoms with Crippen molar-refractivity contribution in [2.75, 3.05) is 53.6 Å². The van der Waals surface area contributed by atoms with Gasteiger partial charge in [-0.15, -0.1) is 0 Å². The summed E-state index contributed by atoms with van der Waals surface area (Å²) in [5.41, 5.74) is 3.28. The Balaban J connectivity index is 1.07. The zero-order valence-electron chi connectivity index (χ0n) is 20.3. The van der Waals surface area contributed by atoms with Crippen LogP contribution in [0, 0.1) is 5.92 Å². The van der Waals surface area contributed by atoms with Crippen LogP contribution in [-0.4, -0.2) is 75.2 Å². The van der Waals surface area contributed by atoms with E-state index in [0.29, 0.717) is 18.1 Å². The van der Waals surface area contributed by atoms with Crippen molar-refractivity contribution in [3.05, 3.63) is 65.7 Å². The Bertz CT molecular complexity index is 1250. The first-order chi connectivity index (χ1) is 17.2. The number of fused-ring (bicyclic) bond motifs is 4. The van der Waals surface area contributed by atoms with Gasteiger partial charge in [-0.2, -0.15) is 0 Å². The van der Waals surface area contributed by atoms with E-state index in [-0.39, 0.29) is 12.0 Å². The molecule has 0 aliphatic carbocycles. The topological polar surface area (TPSA) is 55.8 Å². The molecule has 2 unspecified atom stereocenters. The molecule has 182 valence electrons. The molecular formula is C28H31N3O4. The van der Waals surface area contributed by atoms with Gasteiger partial charge in [0.25, 0.3) is 0 Å². The molecule has 0 spiro atoms. The average molecular weight is 474 g/mol. The molecule has 0 aromatic heterocycles. The molecule has 3 aromatic carbocycles. The van der Waals surface area contributed by atoms with E-state index in [0.717, 1.165) is 56.3 Å². The number of benzene rings is 3. The van der Waals surface area contributed by atoms with E-state index in [1.165, 1.54) is 16.3 Å². The van der Waals surface area contributed by atoms with Crippen LogP contribution < -0.4 is 14.2 Å². The monoisotopic (exact) mass is 473 g/mol. The van der Waals surface area contributed by atoms with Gasteiger partial charge in [-0.3, -0.25) is 9.80 Å². The highest BCUT2D eigenvalue weighted by Gasteiger charge is 2.41. The smallest absolute Gasteiger partial charge is 0.164 e. The molecule has 3 aliphatic rings. The number of ether oxygens (including phenoxy) is 3. The third-order valence-electron chi connectivity index (χ3n) is 7.44. The van der Waals surface area contributed by atoms with E-state index in [4.69, 9.17) is 19.0 Å². The Morgan fingerprint density at radius 2 is 1.66 bits per heavy atom. The summed E-state index contributed by atoms with van der Waals surface area (Å²) in [6.07, 6.45) is -0.00383. The molecule has 0 radical (unpaired) electrons. The minimum atomic E-state index is -0.00383. The first-order valence-electron chi connectivity index (χ1n) is 12.3. The molecule has 7 nitrogen and oxygen atoms in total. The zero-order valence-corrected chi connectivity index (χ0v) is 20.3. The Morgan fingerprint density at radius 1 is 0.914 bits per heavy atom. The minimum absolute atomic E-state index is 0.00383. The van der Waals surface area contributed by atoms with Crippen molar-refractivity contribution >= 4 is 16.5 Å². The molecule has 3 aliphatic heterocycles. The summed E-state index contributed by atoms with van der Waals surface area (Å²) in [5.74, 6) is 2.21. The summed E-state index contributed by atoms with van der Waals surface area (Å²) in [4.78, 5) is 11.0. The van der Waals surface area contributed by atoms with E-state index in [9.17, 15) is 0 Å². The molecule has 7 heteroatoms. The second-order valence-corrected chi connectivity index (χ2v) is 9.46. The fourth-order valence-electron chi connectivity index (χ4n) is 5.45. The summed E-state index contributed by atoms with van der Waals surface area (Å²) in [6.45, 7) is 6.54. The van der Waals surface area contributed by atoms with Gasteiger partial charge in [0.15, 0.2) is 17.6 Å². The molecule has 35 heavy (non-hydrogen) atoms. The normalized spacial score (nSPS) is 22.1. The second kappa shape index (κ2) is 9.40. The molecule has 0 bridgehead atoms. The van der Waals surface area contributed by atoms with E-state index in [1.807, 2.05) is 12.1 Å². The highest BCUT2D eigenvalue weighted by atomic mass is 16.6. The lowest BCUT2D eigenvalue weighted by Crippen LogP contribution is -2.50. The standard InChI is InChI=1S/C28H31N3O4/c1-32-25-14-22-24(15-26(25)33-2)34-18-23-27(35-29-28(22)23)17-31-12-10-30(11-13-31)16-20-8-5-7-19-6-3-4-9-21(19)20/h3-9,14-15,23,27H,10-13,16-18H2,1-2H3. The molecule has 2 atom stereocenters. The van der Waals surface area contributed by atoms with E-state index >= 15 is 0 Å². The average Bonchev–Trinajstić information content (AvgIpc) is 3.32. The summed E-state index contributed by atoms with van der Waals surface area (Å²) in [6, 6.07) is 19.1. The lowest BCUT2D eigenvalue weighted by molar-refractivity contribution is 0.00852. The van der Waals surface area contributed by atoms with Crippen LogP contribution in [0.5, 0.6) is 17.2 Å². The fourth-order valence-corrected chi connectivity index (χ4v) is 5.45. The van der Waals surface area contributed by atoms with Crippen LogP contribution in [0.25, 0.3) is 10.8 Å². The van der Waals surface area contributed by atoms with Gasteiger partial charge >= 0.3 is 0 Å². The van der Waals surface area contributed by atoms with Crippen LogP contribution in [0.1, 0.15) is 11.1 Å². The molecule has 6 rings (SSSR count). The molecule has 3 aromatic rings. The molecule has 0 N–H and O–H groups in total. The van der Waals surface area contributed by atoms with Crippen molar-refractivity contribution in [3.8, 4) is 17.2 Å². The Labute approximate surface area is 205 Å². The van der Waals surface area contributed by atoms with Crippen molar-refractivity contribution < 1.29 is 19.0 Å². The SMILES string of the molecule is COc1cc2c(cc1OC)C1=NOC(CN3CCN(Cc4cccc5ccccc45)CC3)C1CO2. The summed E-state index contributed by atoms with van der Waals surface area (Å²) in [7, 11) is 3.27. The van der Waals surface area contributed by atoms with Crippen LogP contribution >= 0.6 is 0 Å². The fraction of sp³-hybridized carbons (Fsp3) is 0.393. The largest absolute Gasteiger partial charge is 0.493 e. The summed E-state index contributed by atoms with van der Waals surface area (Å²) < 4.78 is 17.0. The van der Waals surface area contributed by atoms with Crippen LogP contribution in [0.2, 0.25) is 0 Å². The van der Waals surface area contributed by atoms with Crippen LogP contribution in [0.15, 0.2) is 59.8 Å². The predicted octanol–water partition coefficient (Wildman–Crippen LogP) is 3.79. The van der Waals surface area contributed by atoms with Gasteiger partial charge < -0.3 is 19.0 Å². The molecule has 1 saturated heterocycles. The number of rotatable bonds is 6. The van der Waals surface area contributed by atoms with Crippen LogP contribution in [0.4, 0.5) is 0 Å². The zero-order chi connectivity index (χ0) is 23.8. The number of piperazine rings is 1. The van der Waals surface area contributed by atoms with E-state index in [2.05, 4.69) is 57.4 Å². The third kappa shape index (κ3) is 4.19. The molecule has 0 amide bonds. The van der Waals surface area contributed by atoms with Gasteiger partial charge in [0.05, 0.1) is 20.1 Å². The highest BCUT2D eigenvalue weighted by Crippen LogP contribution is 2.41. The summed E-state index contributed by atoms with van der Waals surface area (Å²) >= 11 is 0. The molecule has 1 fully saturated rings. The number of hydrogen-bond acceptors (Lipinski definition) is 7. The van der Waals surface area contributed by atoms with Gasteiger partial charge in [0, 0.05) is 50.9 Å². The quantitative estimate of drug-likeness (QED) is 0.543. The maximum atomic E-state index is 6.09. The number of oxime groups is 1. The molecular weight excluding hydrogens is 442 g/mol. The minimum Gasteiger partial charge on any atom is -0.493 e. The van der Waals surface area contributed by atoms with Crippen LogP contribution in [0.3, 0.4) is 0 Å².